The summed E-state index contributed by atoms with van der Waals surface area (Å²) in [6.07, 6.45) is 1.74. The molecule has 0 radical (unpaired) electrons. The minimum atomic E-state index is -1.01. The van der Waals surface area contributed by atoms with Gasteiger partial charge >= 0.3 is 5.97 Å². The van der Waals surface area contributed by atoms with E-state index in [1.165, 1.54) is 11.3 Å². The number of carbonyl (C=O) groups excluding carboxylic acids is 1. The lowest BCUT2D eigenvalue weighted by molar-refractivity contribution is -0.119. The highest BCUT2D eigenvalue weighted by atomic mass is 32.1. The van der Waals surface area contributed by atoms with Gasteiger partial charge in [-0.1, -0.05) is 20.3 Å². The van der Waals surface area contributed by atoms with Crippen LogP contribution in [0.25, 0.3) is 0 Å². The number of carbonyl (C=O) groups is 2. The van der Waals surface area contributed by atoms with Gasteiger partial charge < -0.3 is 10.4 Å². The number of carboxylic acids is 1. The fraction of sp³-hybridized carbons (Fsp3) is 0.500. The molecule has 0 aliphatic rings. The Balaban J connectivity index is 2.81. The van der Waals surface area contributed by atoms with Gasteiger partial charge in [-0.2, -0.15) is 0 Å². The summed E-state index contributed by atoms with van der Waals surface area (Å²) >= 11 is 1.29. The SMILES string of the molecule is CCCC(C)C(=O)Nc1sc(C)cc1C(=O)O. The number of thiophene rings is 1. The Morgan fingerprint density at radius 3 is 2.71 bits per heavy atom. The van der Waals surface area contributed by atoms with E-state index in [9.17, 15) is 9.59 Å². The minimum Gasteiger partial charge on any atom is -0.478 e. The molecule has 0 saturated carbocycles. The van der Waals surface area contributed by atoms with Crippen molar-refractivity contribution in [1.29, 1.82) is 0 Å². The average Bonchev–Trinajstić information content (AvgIpc) is 2.60. The summed E-state index contributed by atoms with van der Waals surface area (Å²) in [6, 6.07) is 1.58. The molecule has 17 heavy (non-hydrogen) atoms. The van der Waals surface area contributed by atoms with E-state index in [4.69, 9.17) is 5.11 Å². The average molecular weight is 255 g/mol. The van der Waals surface area contributed by atoms with Crippen LogP contribution in [0.3, 0.4) is 0 Å². The number of rotatable bonds is 5. The zero-order valence-electron chi connectivity index (χ0n) is 10.2. The van der Waals surface area contributed by atoms with Crippen molar-refractivity contribution in [3.05, 3.63) is 16.5 Å². The predicted octanol–water partition coefficient (Wildman–Crippen LogP) is 3.13. The first-order chi connectivity index (χ1) is 7.95. The molecule has 0 fully saturated rings. The van der Waals surface area contributed by atoms with Crippen molar-refractivity contribution in [2.24, 2.45) is 5.92 Å². The molecule has 5 heteroatoms. The van der Waals surface area contributed by atoms with Gasteiger partial charge in [0.25, 0.3) is 0 Å². The molecule has 1 amide bonds. The van der Waals surface area contributed by atoms with Crippen LogP contribution < -0.4 is 5.32 Å². The second-order valence-corrected chi connectivity index (χ2v) is 5.34. The first kappa shape index (κ1) is 13.7. The number of hydrogen-bond acceptors (Lipinski definition) is 3. The Morgan fingerprint density at radius 1 is 1.53 bits per heavy atom. The van der Waals surface area contributed by atoms with Gasteiger partial charge in [0.2, 0.25) is 5.91 Å². The molecular weight excluding hydrogens is 238 g/mol. The van der Waals surface area contributed by atoms with Crippen molar-refractivity contribution in [2.45, 2.75) is 33.6 Å². The maximum Gasteiger partial charge on any atom is 0.338 e. The summed E-state index contributed by atoms with van der Waals surface area (Å²) < 4.78 is 0. The summed E-state index contributed by atoms with van der Waals surface area (Å²) in [7, 11) is 0. The van der Waals surface area contributed by atoms with E-state index in [0.29, 0.717) is 5.00 Å². The van der Waals surface area contributed by atoms with Gasteiger partial charge in [-0.3, -0.25) is 4.79 Å². The second-order valence-electron chi connectivity index (χ2n) is 4.08. The summed E-state index contributed by atoms with van der Waals surface area (Å²) in [5.74, 6) is -1.21. The van der Waals surface area contributed by atoms with E-state index in [1.54, 1.807) is 6.07 Å². The van der Waals surface area contributed by atoms with Crippen LogP contribution >= 0.6 is 11.3 Å². The second kappa shape index (κ2) is 5.82. The van der Waals surface area contributed by atoms with E-state index >= 15 is 0 Å². The number of aryl methyl sites for hydroxylation is 1. The van der Waals surface area contributed by atoms with Crippen molar-refractivity contribution in [3.8, 4) is 0 Å². The normalized spacial score (nSPS) is 12.2. The largest absolute Gasteiger partial charge is 0.478 e. The van der Waals surface area contributed by atoms with Crippen LogP contribution in [0.2, 0.25) is 0 Å². The third kappa shape index (κ3) is 3.56. The van der Waals surface area contributed by atoms with Gasteiger partial charge in [0.05, 0.1) is 5.56 Å². The Morgan fingerprint density at radius 2 is 2.18 bits per heavy atom. The first-order valence-electron chi connectivity index (χ1n) is 5.60. The van der Waals surface area contributed by atoms with E-state index in [-0.39, 0.29) is 17.4 Å². The molecule has 0 aliphatic heterocycles. The highest BCUT2D eigenvalue weighted by Gasteiger charge is 2.18. The zero-order valence-corrected chi connectivity index (χ0v) is 11.1. The maximum absolute atomic E-state index is 11.8. The molecule has 94 valence electrons. The fourth-order valence-electron chi connectivity index (χ4n) is 1.57. The number of hydrogen-bond donors (Lipinski definition) is 2. The van der Waals surface area contributed by atoms with E-state index in [2.05, 4.69) is 5.32 Å². The number of carboxylic acid groups (broad SMARTS) is 1. The standard InChI is InChI=1S/C12H17NO3S/c1-4-5-7(2)10(14)13-11-9(12(15)16)6-8(3)17-11/h6-7H,4-5H2,1-3H3,(H,13,14)(H,15,16). The number of aromatic carboxylic acids is 1. The van der Waals surface area contributed by atoms with Crippen molar-refractivity contribution < 1.29 is 14.7 Å². The van der Waals surface area contributed by atoms with Gasteiger partial charge in [0.1, 0.15) is 5.00 Å². The van der Waals surface area contributed by atoms with Crippen LogP contribution in [-0.2, 0) is 4.79 Å². The molecular formula is C12H17NO3S. The Bertz CT molecular complexity index is 425. The number of nitrogens with one attached hydrogen (secondary N) is 1. The van der Waals surface area contributed by atoms with Crippen molar-refractivity contribution >= 4 is 28.2 Å². The molecule has 1 atom stereocenters. The molecule has 0 aromatic carbocycles. The molecule has 0 aliphatic carbocycles. The molecule has 0 bridgehead atoms. The fourth-order valence-corrected chi connectivity index (χ4v) is 2.47. The molecule has 0 saturated heterocycles. The number of anilines is 1. The van der Waals surface area contributed by atoms with Crippen LogP contribution in [0.5, 0.6) is 0 Å². The van der Waals surface area contributed by atoms with Crippen molar-refractivity contribution in [2.75, 3.05) is 5.32 Å². The highest BCUT2D eigenvalue weighted by molar-refractivity contribution is 7.16. The lowest BCUT2D eigenvalue weighted by Crippen LogP contribution is -2.20. The lowest BCUT2D eigenvalue weighted by atomic mass is 10.1. The number of amides is 1. The summed E-state index contributed by atoms with van der Waals surface area (Å²) in [4.78, 5) is 23.6. The molecule has 1 rings (SSSR count). The molecule has 2 N–H and O–H groups in total. The van der Waals surface area contributed by atoms with Gasteiger partial charge in [-0.05, 0) is 19.4 Å². The Kier molecular flexibility index (Phi) is 4.69. The molecule has 1 aromatic rings. The third-order valence-electron chi connectivity index (χ3n) is 2.49. The topological polar surface area (TPSA) is 66.4 Å². The van der Waals surface area contributed by atoms with Crippen LogP contribution in [0.4, 0.5) is 5.00 Å². The van der Waals surface area contributed by atoms with E-state index in [0.717, 1.165) is 17.7 Å². The van der Waals surface area contributed by atoms with Crippen LogP contribution in [0.15, 0.2) is 6.07 Å². The van der Waals surface area contributed by atoms with Crippen LogP contribution in [0.1, 0.15) is 41.9 Å². The quantitative estimate of drug-likeness (QED) is 0.849. The maximum atomic E-state index is 11.8. The van der Waals surface area contributed by atoms with Crippen molar-refractivity contribution in [1.82, 2.24) is 0 Å². The summed E-state index contributed by atoms with van der Waals surface area (Å²) in [6.45, 7) is 5.68. The molecule has 1 aromatic heterocycles. The van der Waals surface area contributed by atoms with Gasteiger partial charge in [-0.15, -0.1) is 11.3 Å². The van der Waals surface area contributed by atoms with E-state index < -0.39 is 5.97 Å². The Hall–Kier alpha value is -1.36. The summed E-state index contributed by atoms with van der Waals surface area (Å²) in [5.41, 5.74) is 0.171. The van der Waals surface area contributed by atoms with Crippen LogP contribution in [-0.4, -0.2) is 17.0 Å². The van der Waals surface area contributed by atoms with E-state index in [1.807, 2.05) is 20.8 Å². The lowest BCUT2D eigenvalue weighted by Gasteiger charge is -2.10. The Labute approximate surface area is 105 Å². The minimum absolute atomic E-state index is 0.0935. The molecule has 1 unspecified atom stereocenters. The molecule has 4 nitrogen and oxygen atoms in total. The van der Waals surface area contributed by atoms with Crippen LogP contribution in [0, 0.1) is 12.8 Å². The predicted molar refractivity (Wildman–Crippen MR) is 68.7 cm³/mol. The highest BCUT2D eigenvalue weighted by Crippen LogP contribution is 2.28. The van der Waals surface area contributed by atoms with Gasteiger partial charge in [0.15, 0.2) is 0 Å². The molecule has 1 heterocycles. The zero-order chi connectivity index (χ0) is 13.0. The third-order valence-corrected chi connectivity index (χ3v) is 3.46. The summed E-state index contributed by atoms with van der Waals surface area (Å²) in [5, 5.41) is 12.1. The molecule has 0 spiro atoms. The van der Waals surface area contributed by atoms with Gasteiger partial charge in [0, 0.05) is 10.8 Å². The first-order valence-corrected chi connectivity index (χ1v) is 6.42. The smallest absolute Gasteiger partial charge is 0.338 e. The van der Waals surface area contributed by atoms with Gasteiger partial charge in [-0.25, -0.2) is 4.79 Å². The monoisotopic (exact) mass is 255 g/mol. The van der Waals surface area contributed by atoms with Crippen molar-refractivity contribution in [3.63, 3.8) is 0 Å².